The largest absolute Gasteiger partial charge is 0.307 e. The van der Waals surface area contributed by atoms with Gasteiger partial charge in [-0.2, -0.15) is 10.5 Å². The predicted octanol–water partition coefficient (Wildman–Crippen LogP) is 17.6. The van der Waals surface area contributed by atoms with Gasteiger partial charge in [0.1, 0.15) is 12.1 Å². The molecule has 0 N–H and O–H groups in total. The zero-order valence-electron chi connectivity index (χ0n) is 39.0. The highest BCUT2D eigenvalue weighted by molar-refractivity contribution is 6.15. The number of rotatable bonds is 8. The molecule has 0 amide bonds. The summed E-state index contributed by atoms with van der Waals surface area (Å²) in [7, 11) is 0. The van der Waals surface area contributed by atoms with Gasteiger partial charge in [-0.05, 0) is 104 Å². The Morgan fingerprint density at radius 2 is 0.472 bits per heavy atom. The first-order valence-electron chi connectivity index (χ1n) is 24.2. The summed E-state index contributed by atoms with van der Waals surface area (Å²) in [6, 6.07) is 94.4. The highest BCUT2D eigenvalue weighted by Crippen LogP contribution is 2.50. The number of hydrogen-bond acceptors (Lipinski definition) is 2. The van der Waals surface area contributed by atoms with Gasteiger partial charge < -0.3 is 9.13 Å². The van der Waals surface area contributed by atoms with Gasteiger partial charge in [0, 0.05) is 32.7 Å². The van der Waals surface area contributed by atoms with E-state index >= 15 is 0 Å². The zero-order valence-corrected chi connectivity index (χ0v) is 39.0. The number of aromatic nitrogens is 2. The van der Waals surface area contributed by atoms with E-state index in [-0.39, 0.29) is 0 Å². The second kappa shape index (κ2) is 17.5. The number of hydrogen-bond donors (Lipinski definition) is 0. The fourth-order valence-electron chi connectivity index (χ4n) is 10.9. The molecule has 0 saturated carbocycles. The van der Waals surface area contributed by atoms with Crippen LogP contribution in [-0.4, -0.2) is 9.13 Å². The molecule has 0 aliphatic rings. The van der Waals surface area contributed by atoms with Gasteiger partial charge in [-0.3, -0.25) is 0 Å². The van der Waals surface area contributed by atoms with Crippen LogP contribution in [-0.2, 0) is 0 Å². The van der Waals surface area contributed by atoms with Crippen molar-refractivity contribution in [3.05, 3.63) is 266 Å². The Hall–Kier alpha value is -10.0. The Bertz CT molecular complexity index is 3860. The van der Waals surface area contributed by atoms with E-state index < -0.39 is 0 Å². The predicted molar refractivity (Wildman–Crippen MR) is 297 cm³/mol. The van der Waals surface area contributed by atoms with E-state index in [9.17, 15) is 10.5 Å². The van der Waals surface area contributed by atoms with Gasteiger partial charge in [-0.15, -0.1) is 0 Å². The number of benzene rings is 11. The topological polar surface area (TPSA) is 57.4 Å². The molecule has 0 radical (unpaired) electrons. The zero-order chi connectivity index (χ0) is 48.1. The fraction of sp³-hybridized carbons (Fsp3) is 0. The highest BCUT2D eigenvalue weighted by Gasteiger charge is 2.32. The summed E-state index contributed by atoms with van der Waals surface area (Å²) in [4.78, 5) is 0. The molecule has 334 valence electrons. The van der Waals surface area contributed by atoms with Crippen molar-refractivity contribution in [2.24, 2.45) is 0 Å². The molecule has 4 nitrogen and oxygen atoms in total. The van der Waals surface area contributed by atoms with Crippen LogP contribution in [0.3, 0.4) is 0 Å². The van der Waals surface area contributed by atoms with Crippen molar-refractivity contribution in [3.8, 4) is 90.3 Å². The number of nitriles is 2. The lowest BCUT2D eigenvalue weighted by molar-refractivity contribution is 1.12. The lowest BCUT2D eigenvalue weighted by Crippen LogP contribution is -2.11. The van der Waals surface area contributed by atoms with Crippen molar-refractivity contribution in [2.75, 3.05) is 0 Å². The summed E-state index contributed by atoms with van der Waals surface area (Å²) in [6.45, 7) is 0. The van der Waals surface area contributed by atoms with Gasteiger partial charge in [-0.1, -0.05) is 206 Å². The normalized spacial score (nSPS) is 11.3. The van der Waals surface area contributed by atoms with E-state index in [0.717, 1.165) is 105 Å². The van der Waals surface area contributed by atoms with Crippen LogP contribution in [0.2, 0.25) is 0 Å². The first-order valence-corrected chi connectivity index (χ1v) is 24.2. The molecule has 4 heteroatoms. The van der Waals surface area contributed by atoms with Crippen LogP contribution in [0, 0.1) is 22.7 Å². The molecule has 13 rings (SSSR count). The third-order valence-electron chi connectivity index (χ3n) is 14.2. The summed E-state index contributed by atoms with van der Waals surface area (Å²) < 4.78 is 4.59. The van der Waals surface area contributed by atoms with Crippen molar-refractivity contribution in [2.45, 2.75) is 0 Å². The van der Waals surface area contributed by atoms with Crippen LogP contribution in [0.4, 0.5) is 0 Å². The summed E-state index contributed by atoms with van der Waals surface area (Å²) in [5, 5.41) is 28.1. The quantitative estimate of drug-likeness (QED) is 0.152. The van der Waals surface area contributed by atoms with E-state index in [4.69, 9.17) is 0 Å². The molecule has 0 aliphatic heterocycles. The molecule has 72 heavy (non-hydrogen) atoms. The van der Waals surface area contributed by atoms with Crippen molar-refractivity contribution in [1.29, 1.82) is 10.5 Å². The van der Waals surface area contributed by atoms with E-state index in [1.807, 2.05) is 72.8 Å². The summed E-state index contributed by atoms with van der Waals surface area (Å²) in [5.41, 5.74) is 17.9. The molecule has 0 spiro atoms. The Morgan fingerprint density at radius 1 is 0.236 bits per heavy atom. The fourth-order valence-corrected chi connectivity index (χ4v) is 10.9. The standard InChI is InChI=1S/C68H42N4/c69-43-59-65(49-27-15-5-16-28-49)60(44-70)68(72-63-37-33-53(47-23-11-3-12-24-47)41-57(63)58-42-54(34-38-64(58)72)48-25-13-4-14-26-48)66(50-29-17-6-18-30-50)67(59)71-61-35-31-51(45-19-7-1-8-20-45)39-55(61)56-40-52(32-36-62(56)71)46-21-9-2-10-22-46/h1-42H. The number of fused-ring (bicyclic) bond motifs is 6. The minimum atomic E-state index is 0.414. The Labute approximate surface area is 417 Å². The summed E-state index contributed by atoms with van der Waals surface area (Å²) >= 11 is 0. The molecule has 0 unspecified atom stereocenters. The van der Waals surface area contributed by atoms with Crippen LogP contribution < -0.4 is 0 Å². The van der Waals surface area contributed by atoms with Gasteiger partial charge in [-0.25, -0.2) is 0 Å². The van der Waals surface area contributed by atoms with E-state index in [1.54, 1.807) is 0 Å². The molecule has 11 aromatic carbocycles. The second-order valence-corrected chi connectivity index (χ2v) is 18.2. The monoisotopic (exact) mass is 914 g/mol. The van der Waals surface area contributed by atoms with Crippen LogP contribution in [0.1, 0.15) is 11.1 Å². The highest BCUT2D eigenvalue weighted by atomic mass is 15.0. The van der Waals surface area contributed by atoms with Gasteiger partial charge in [0.2, 0.25) is 0 Å². The van der Waals surface area contributed by atoms with Crippen molar-refractivity contribution in [1.82, 2.24) is 9.13 Å². The van der Waals surface area contributed by atoms with E-state index in [0.29, 0.717) is 28.1 Å². The molecule has 13 aromatic rings. The van der Waals surface area contributed by atoms with Gasteiger partial charge in [0.15, 0.2) is 0 Å². The molecular weight excluding hydrogens is 873 g/mol. The smallest absolute Gasteiger partial charge is 0.102 e. The average molecular weight is 915 g/mol. The number of nitrogens with zero attached hydrogens (tertiary/aromatic N) is 4. The van der Waals surface area contributed by atoms with Crippen LogP contribution in [0.25, 0.3) is 122 Å². The SMILES string of the molecule is N#Cc1c(-c2ccccc2)c(C#N)c(-n2c3ccc(-c4ccccc4)cc3c3cc(-c4ccccc4)ccc32)c(-c2ccccc2)c1-n1c2ccc(-c3ccccc3)cc2c2cc(-c3ccccc3)ccc21. The molecule has 2 aromatic heterocycles. The van der Waals surface area contributed by atoms with E-state index in [2.05, 4.69) is 203 Å². The second-order valence-electron chi connectivity index (χ2n) is 18.2. The molecule has 0 bridgehead atoms. The third kappa shape index (κ3) is 6.90. The van der Waals surface area contributed by atoms with Crippen molar-refractivity contribution in [3.63, 3.8) is 0 Å². The Kier molecular flexibility index (Phi) is 10.2. The Balaban J connectivity index is 1.23. The van der Waals surface area contributed by atoms with Gasteiger partial charge >= 0.3 is 0 Å². The average Bonchev–Trinajstić information content (AvgIpc) is 3.96. The minimum Gasteiger partial charge on any atom is -0.307 e. The van der Waals surface area contributed by atoms with Gasteiger partial charge in [0.05, 0.1) is 44.6 Å². The first-order chi connectivity index (χ1) is 35.7. The molecule has 0 fully saturated rings. The Morgan fingerprint density at radius 3 is 0.722 bits per heavy atom. The first kappa shape index (κ1) is 42.1. The molecule has 0 atom stereocenters. The maximum absolute atomic E-state index is 11.9. The van der Waals surface area contributed by atoms with Gasteiger partial charge in [0.25, 0.3) is 0 Å². The molecule has 0 aliphatic carbocycles. The molecule has 2 heterocycles. The molecular formula is C68H42N4. The van der Waals surface area contributed by atoms with Crippen LogP contribution in [0.15, 0.2) is 255 Å². The minimum absolute atomic E-state index is 0.414. The van der Waals surface area contributed by atoms with Crippen molar-refractivity contribution < 1.29 is 0 Å². The van der Waals surface area contributed by atoms with E-state index in [1.165, 1.54) is 0 Å². The van der Waals surface area contributed by atoms with Crippen LogP contribution in [0.5, 0.6) is 0 Å². The maximum Gasteiger partial charge on any atom is 0.102 e. The lowest BCUT2D eigenvalue weighted by Gasteiger charge is -2.25. The lowest BCUT2D eigenvalue weighted by atomic mass is 9.86. The molecule has 0 saturated heterocycles. The van der Waals surface area contributed by atoms with Crippen molar-refractivity contribution >= 4 is 43.6 Å². The maximum atomic E-state index is 11.9. The van der Waals surface area contributed by atoms with Crippen LogP contribution >= 0.6 is 0 Å². The summed E-state index contributed by atoms with van der Waals surface area (Å²) in [5.74, 6) is 0. The summed E-state index contributed by atoms with van der Waals surface area (Å²) in [6.07, 6.45) is 0. The third-order valence-corrected chi connectivity index (χ3v) is 14.2.